The Kier molecular flexibility index (Phi) is 5.16. The van der Waals surface area contributed by atoms with E-state index in [1.807, 2.05) is 35.7 Å². The minimum absolute atomic E-state index is 0.0166. The minimum Gasteiger partial charge on any atom is -0.351 e. The highest BCUT2D eigenvalue weighted by atomic mass is 16.1. The molecule has 0 radical (unpaired) electrons. The molecule has 0 aliphatic heterocycles. The van der Waals surface area contributed by atoms with Crippen molar-refractivity contribution in [2.24, 2.45) is 0 Å². The maximum atomic E-state index is 12.4. The molecule has 2 rings (SSSR count). The Hall–Kier alpha value is -1.84. The average Bonchev–Trinajstić information content (AvgIpc) is 2.85. The topological polar surface area (TPSA) is 46.4 Å². The summed E-state index contributed by atoms with van der Waals surface area (Å²) in [6.07, 6.45) is 7.31. The molecule has 0 saturated carbocycles. The van der Waals surface area contributed by atoms with E-state index in [1.54, 1.807) is 0 Å². The molecule has 0 aliphatic carbocycles. The number of amides is 1. The highest BCUT2D eigenvalue weighted by molar-refractivity contribution is 5.94. The first-order chi connectivity index (χ1) is 9.77. The average molecular weight is 273 g/mol. The van der Waals surface area contributed by atoms with Gasteiger partial charge in [-0.25, -0.2) is 4.98 Å². The molecule has 0 spiro atoms. The molecule has 2 aromatic rings. The highest BCUT2D eigenvalue weighted by Gasteiger charge is 2.17. The predicted octanol–water partition coefficient (Wildman–Crippen LogP) is 3.21. The molecule has 0 saturated heterocycles. The third-order valence-electron chi connectivity index (χ3n) is 3.47. The lowest BCUT2D eigenvalue weighted by molar-refractivity contribution is 0.0946. The largest absolute Gasteiger partial charge is 0.351 e. The molecule has 20 heavy (non-hydrogen) atoms. The second kappa shape index (κ2) is 7.08. The molecule has 4 heteroatoms. The maximum Gasteiger partial charge on any atom is 0.270 e. The second-order valence-electron chi connectivity index (χ2n) is 5.01. The molecule has 1 N–H and O–H groups in total. The first-order valence-corrected chi connectivity index (χ1v) is 7.52. The van der Waals surface area contributed by atoms with E-state index in [-0.39, 0.29) is 5.91 Å². The molecule has 0 unspecified atom stereocenters. The summed E-state index contributed by atoms with van der Waals surface area (Å²) in [5.41, 5.74) is 2.38. The lowest BCUT2D eigenvalue weighted by Crippen LogP contribution is -2.26. The molecular weight excluding hydrogens is 250 g/mol. The summed E-state index contributed by atoms with van der Waals surface area (Å²) in [5.74, 6) is -0.0166. The van der Waals surface area contributed by atoms with Crippen molar-refractivity contribution in [3.8, 4) is 0 Å². The number of aromatic nitrogens is 2. The van der Waals surface area contributed by atoms with Gasteiger partial charge in [0.15, 0.2) is 0 Å². The number of carbonyl (C=O) groups excluding carboxylic acids is 1. The van der Waals surface area contributed by atoms with Crippen molar-refractivity contribution >= 4 is 11.6 Å². The molecule has 2 heterocycles. The molecule has 0 aliphatic rings. The molecule has 0 bridgehead atoms. The van der Waals surface area contributed by atoms with Crippen LogP contribution in [0.3, 0.4) is 0 Å². The number of hydrogen-bond donors (Lipinski definition) is 1. The molecule has 108 valence electrons. The predicted molar refractivity (Wildman–Crippen MR) is 81.0 cm³/mol. The van der Waals surface area contributed by atoms with Gasteiger partial charge in [-0.3, -0.25) is 9.20 Å². The van der Waals surface area contributed by atoms with Crippen LogP contribution in [0.2, 0.25) is 0 Å². The lowest BCUT2D eigenvalue weighted by atomic mass is 10.2. The fourth-order valence-corrected chi connectivity index (χ4v) is 2.37. The van der Waals surface area contributed by atoms with Crippen molar-refractivity contribution < 1.29 is 4.79 Å². The number of imidazole rings is 1. The van der Waals surface area contributed by atoms with E-state index in [9.17, 15) is 4.79 Å². The van der Waals surface area contributed by atoms with Gasteiger partial charge in [-0.05, 0) is 25.0 Å². The van der Waals surface area contributed by atoms with E-state index in [0.29, 0.717) is 5.69 Å². The highest BCUT2D eigenvalue weighted by Crippen LogP contribution is 2.13. The van der Waals surface area contributed by atoms with Crippen LogP contribution >= 0.6 is 0 Å². The van der Waals surface area contributed by atoms with Gasteiger partial charge in [0.1, 0.15) is 11.3 Å². The normalized spacial score (nSPS) is 10.9. The lowest BCUT2D eigenvalue weighted by Gasteiger charge is -2.06. The summed E-state index contributed by atoms with van der Waals surface area (Å²) in [5, 5.41) is 3.01. The van der Waals surface area contributed by atoms with Crippen molar-refractivity contribution in [1.82, 2.24) is 14.7 Å². The first-order valence-electron chi connectivity index (χ1n) is 7.52. The smallest absolute Gasteiger partial charge is 0.270 e. The summed E-state index contributed by atoms with van der Waals surface area (Å²) < 4.78 is 1.88. The summed E-state index contributed by atoms with van der Waals surface area (Å²) in [4.78, 5) is 16.9. The van der Waals surface area contributed by atoms with Gasteiger partial charge in [-0.2, -0.15) is 0 Å². The van der Waals surface area contributed by atoms with Gasteiger partial charge in [0.25, 0.3) is 5.91 Å². The zero-order valence-corrected chi connectivity index (χ0v) is 12.4. The second-order valence-corrected chi connectivity index (χ2v) is 5.01. The van der Waals surface area contributed by atoms with Gasteiger partial charge in [0, 0.05) is 12.7 Å². The Morgan fingerprint density at radius 2 is 2.10 bits per heavy atom. The third kappa shape index (κ3) is 3.18. The molecule has 0 fully saturated rings. The monoisotopic (exact) mass is 273 g/mol. The Balaban J connectivity index is 2.09. The molecule has 0 aromatic carbocycles. The van der Waals surface area contributed by atoms with E-state index in [4.69, 9.17) is 0 Å². The molecular formula is C16H23N3O. The van der Waals surface area contributed by atoms with E-state index in [0.717, 1.165) is 30.7 Å². The van der Waals surface area contributed by atoms with Crippen molar-refractivity contribution in [3.63, 3.8) is 0 Å². The number of carbonyl (C=O) groups is 1. The Bertz CT molecular complexity index is 574. The Morgan fingerprint density at radius 3 is 2.85 bits per heavy atom. The number of aryl methyl sites for hydroxylation is 1. The molecule has 2 aromatic heterocycles. The van der Waals surface area contributed by atoms with Crippen molar-refractivity contribution in [3.05, 3.63) is 35.8 Å². The Morgan fingerprint density at radius 1 is 1.25 bits per heavy atom. The quantitative estimate of drug-likeness (QED) is 0.787. The molecule has 4 nitrogen and oxygen atoms in total. The number of pyridine rings is 1. The number of rotatable bonds is 7. The number of nitrogens with zero attached hydrogens (tertiary/aromatic N) is 2. The standard InChI is InChI=1S/C16H23N3O/c1-3-5-6-8-11-17-16(20)15-13(4-2)18-14-10-7-9-12-19(14)15/h7,9-10,12H,3-6,8,11H2,1-2H3,(H,17,20). The van der Waals surface area contributed by atoms with Gasteiger partial charge in [-0.1, -0.05) is 39.2 Å². The van der Waals surface area contributed by atoms with Crippen LogP contribution in [0.4, 0.5) is 0 Å². The van der Waals surface area contributed by atoms with Gasteiger partial charge in [0.05, 0.1) is 5.69 Å². The molecule has 0 atom stereocenters. The van der Waals surface area contributed by atoms with Crippen LogP contribution in [0.15, 0.2) is 24.4 Å². The van der Waals surface area contributed by atoms with Crippen molar-refractivity contribution in [2.45, 2.75) is 46.0 Å². The van der Waals surface area contributed by atoms with Crippen LogP contribution in [0.5, 0.6) is 0 Å². The number of nitrogens with one attached hydrogen (secondary N) is 1. The van der Waals surface area contributed by atoms with E-state index >= 15 is 0 Å². The van der Waals surface area contributed by atoms with Crippen LogP contribution in [0, 0.1) is 0 Å². The SMILES string of the molecule is CCCCCCNC(=O)c1c(CC)nc2ccccn12. The van der Waals surface area contributed by atoms with Gasteiger partial charge < -0.3 is 5.32 Å². The zero-order valence-electron chi connectivity index (χ0n) is 12.4. The Labute approximate surface area is 120 Å². The van der Waals surface area contributed by atoms with Gasteiger partial charge in [-0.15, -0.1) is 0 Å². The fourth-order valence-electron chi connectivity index (χ4n) is 2.37. The van der Waals surface area contributed by atoms with Crippen LogP contribution < -0.4 is 5.32 Å². The van der Waals surface area contributed by atoms with Crippen LogP contribution in [-0.4, -0.2) is 21.8 Å². The van der Waals surface area contributed by atoms with E-state index in [1.165, 1.54) is 19.3 Å². The van der Waals surface area contributed by atoms with Gasteiger partial charge >= 0.3 is 0 Å². The van der Waals surface area contributed by atoms with Gasteiger partial charge in [0.2, 0.25) is 0 Å². The van der Waals surface area contributed by atoms with Crippen LogP contribution in [-0.2, 0) is 6.42 Å². The van der Waals surface area contributed by atoms with Crippen molar-refractivity contribution in [1.29, 1.82) is 0 Å². The van der Waals surface area contributed by atoms with Crippen LogP contribution in [0.25, 0.3) is 5.65 Å². The zero-order chi connectivity index (χ0) is 14.4. The number of fused-ring (bicyclic) bond motifs is 1. The summed E-state index contributed by atoms with van der Waals surface area (Å²) in [6, 6.07) is 5.79. The van der Waals surface area contributed by atoms with E-state index < -0.39 is 0 Å². The summed E-state index contributed by atoms with van der Waals surface area (Å²) in [7, 11) is 0. The number of hydrogen-bond acceptors (Lipinski definition) is 2. The summed E-state index contributed by atoms with van der Waals surface area (Å²) in [6.45, 7) is 4.95. The van der Waals surface area contributed by atoms with E-state index in [2.05, 4.69) is 17.2 Å². The maximum absolute atomic E-state index is 12.4. The first kappa shape index (κ1) is 14.6. The summed E-state index contributed by atoms with van der Waals surface area (Å²) >= 11 is 0. The van der Waals surface area contributed by atoms with Crippen molar-refractivity contribution in [2.75, 3.05) is 6.54 Å². The molecule has 1 amide bonds. The fraction of sp³-hybridized carbons (Fsp3) is 0.500. The number of unbranched alkanes of at least 4 members (excludes halogenated alkanes) is 3. The van der Waals surface area contributed by atoms with Crippen LogP contribution in [0.1, 0.15) is 55.7 Å². The minimum atomic E-state index is -0.0166. The third-order valence-corrected chi connectivity index (χ3v) is 3.47.